The number of nitrogens with one attached hydrogen (secondary N) is 1. The van der Waals surface area contributed by atoms with E-state index in [2.05, 4.69) is 25.2 Å². The van der Waals surface area contributed by atoms with Crippen LogP contribution in [0.4, 0.5) is 17.2 Å². The molecule has 2 aromatic heterocycles. The topological polar surface area (TPSA) is 132 Å². The maximum absolute atomic E-state index is 13.4. The molecule has 9 nitrogen and oxygen atoms in total. The van der Waals surface area contributed by atoms with Crippen molar-refractivity contribution in [3.63, 3.8) is 0 Å². The number of carbonyl (C=O) groups excluding carboxylic acids is 1. The molecule has 4 aromatic rings. The number of amides is 1. The molecule has 2 aromatic carbocycles. The van der Waals surface area contributed by atoms with Crippen LogP contribution in [-0.2, 0) is 11.2 Å². The van der Waals surface area contributed by atoms with Gasteiger partial charge in [-0.15, -0.1) is 0 Å². The minimum Gasteiger partial charge on any atom is -0.382 e. The fraction of sp³-hybridized carbons (Fsp3) is 0.231. The number of pyridine rings is 1. The summed E-state index contributed by atoms with van der Waals surface area (Å²) in [5, 5.41) is 3.94. The van der Waals surface area contributed by atoms with Crippen molar-refractivity contribution >= 4 is 34.0 Å². The number of carbonyl (C=O) groups is 1. The molecular formula is C26H27N7O2. The van der Waals surface area contributed by atoms with Crippen LogP contribution in [0.2, 0.25) is 0 Å². The lowest BCUT2D eigenvalue weighted by Crippen LogP contribution is -2.37. The number of benzene rings is 2. The minimum absolute atomic E-state index is 0.0627. The second kappa shape index (κ2) is 10.0. The van der Waals surface area contributed by atoms with E-state index >= 15 is 0 Å². The van der Waals surface area contributed by atoms with Gasteiger partial charge in [-0.2, -0.15) is 0 Å². The summed E-state index contributed by atoms with van der Waals surface area (Å²) in [4.78, 5) is 28.9. The molecule has 1 amide bonds. The number of aromatic nitrogens is 3. The molecule has 178 valence electrons. The van der Waals surface area contributed by atoms with Crippen LogP contribution in [0.3, 0.4) is 0 Å². The number of nitrogen functional groups attached to an aromatic ring is 1. The van der Waals surface area contributed by atoms with Crippen molar-refractivity contribution in [1.29, 1.82) is 0 Å². The van der Waals surface area contributed by atoms with Gasteiger partial charge in [0.1, 0.15) is 0 Å². The van der Waals surface area contributed by atoms with Gasteiger partial charge in [0.2, 0.25) is 0 Å². The molecule has 5 rings (SSSR count). The van der Waals surface area contributed by atoms with Crippen LogP contribution in [0.15, 0.2) is 60.9 Å². The normalized spacial score (nSPS) is 13.7. The fourth-order valence-corrected chi connectivity index (χ4v) is 4.24. The third-order valence-corrected chi connectivity index (χ3v) is 6.02. The van der Waals surface area contributed by atoms with E-state index in [0.29, 0.717) is 44.2 Å². The van der Waals surface area contributed by atoms with Gasteiger partial charge in [0.05, 0.1) is 48.2 Å². The number of nitrogens with zero attached hydrogens (tertiary/aromatic N) is 4. The second-order valence-electron chi connectivity index (χ2n) is 8.32. The van der Waals surface area contributed by atoms with Gasteiger partial charge in [0, 0.05) is 24.0 Å². The average molecular weight is 470 g/mol. The Labute approximate surface area is 203 Å². The van der Waals surface area contributed by atoms with Gasteiger partial charge in [-0.1, -0.05) is 42.5 Å². The van der Waals surface area contributed by atoms with Gasteiger partial charge in [-0.05, 0) is 24.6 Å². The monoisotopic (exact) mass is 469 g/mol. The number of morpholine rings is 1. The van der Waals surface area contributed by atoms with Gasteiger partial charge < -0.3 is 26.4 Å². The highest BCUT2D eigenvalue weighted by atomic mass is 16.5. The maximum Gasteiger partial charge on any atom is 0.278 e. The van der Waals surface area contributed by atoms with Gasteiger partial charge in [0.15, 0.2) is 11.5 Å². The Morgan fingerprint density at radius 2 is 1.80 bits per heavy atom. The smallest absolute Gasteiger partial charge is 0.278 e. The molecule has 0 unspecified atom stereocenters. The van der Waals surface area contributed by atoms with Crippen molar-refractivity contribution in [2.24, 2.45) is 5.73 Å². The zero-order valence-corrected chi connectivity index (χ0v) is 19.3. The van der Waals surface area contributed by atoms with E-state index in [9.17, 15) is 4.79 Å². The molecule has 9 heteroatoms. The van der Waals surface area contributed by atoms with Crippen molar-refractivity contribution in [2.45, 2.75) is 6.42 Å². The first-order valence-electron chi connectivity index (χ1n) is 11.6. The van der Waals surface area contributed by atoms with Crippen molar-refractivity contribution in [3.05, 3.63) is 72.2 Å². The maximum atomic E-state index is 13.4. The van der Waals surface area contributed by atoms with Crippen LogP contribution in [-0.4, -0.2) is 53.7 Å². The first-order valence-corrected chi connectivity index (χ1v) is 11.6. The quantitative estimate of drug-likeness (QED) is 0.393. The Morgan fingerprint density at radius 1 is 1.03 bits per heavy atom. The summed E-state index contributed by atoms with van der Waals surface area (Å²) in [5.74, 6) is -0.379. The SMILES string of the molecule is NCCc1ccc(-c2cnc(N)c(C(=O)Nc3cnc4ccccc4c3N3CCOCC3)n2)cc1. The predicted octanol–water partition coefficient (Wildman–Crippen LogP) is 2.86. The molecule has 1 aliphatic rings. The molecule has 3 heterocycles. The number of fused-ring (bicyclic) bond motifs is 1. The highest BCUT2D eigenvalue weighted by Crippen LogP contribution is 2.34. The van der Waals surface area contributed by atoms with Gasteiger partial charge >= 0.3 is 0 Å². The first kappa shape index (κ1) is 22.7. The summed E-state index contributed by atoms with van der Waals surface area (Å²) < 4.78 is 5.53. The van der Waals surface area contributed by atoms with Crippen molar-refractivity contribution in [2.75, 3.05) is 48.8 Å². The third kappa shape index (κ3) is 4.77. The van der Waals surface area contributed by atoms with Crippen LogP contribution < -0.4 is 21.7 Å². The predicted molar refractivity (Wildman–Crippen MR) is 137 cm³/mol. The summed E-state index contributed by atoms with van der Waals surface area (Å²) in [5.41, 5.74) is 16.7. The standard InChI is InChI=1S/C26H27N7O2/c27-10-9-17-5-7-18(8-6-17)21-15-30-25(28)23(31-21)26(34)32-22-16-29-20-4-2-1-3-19(20)24(22)33-11-13-35-14-12-33/h1-8,15-16H,9-14,27H2,(H2,28,30)(H,32,34). The molecule has 1 saturated heterocycles. The van der Waals surface area contributed by atoms with Gasteiger partial charge in [0.25, 0.3) is 5.91 Å². The number of hydrogen-bond acceptors (Lipinski definition) is 8. The second-order valence-corrected chi connectivity index (χ2v) is 8.32. The van der Waals surface area contributed by atoms with Crippen LogP contribution in [0.5, 0.6) is 0 Å². The summed E-state index contributed by atoms with van der Waals surface area (Å²) >= 11 is 0. The Bertz CT molecular complexity index is 1350. The molecule has 0 spiro atoms. The van der Waals surface area contributed by atoms with E-state index in [4.69, 9.17) is 16.2 Å². The lowest BCUT2D eigenvalue weighted by atomic mass is 10.1. The number of anilines is 3. The summed E-state index contributed by atoms with van der Waals surface area (Å²) in [7, 11) is 0. The van der Waals surface area contributed by atoms with E-state index in [-0.39, 0.29) is 11.5 Å². The molecular weight excluding hydrogens is 442 g/mol. The minimum atomic E-state index is -0.441. The molecule has 0 aliphatic carbocycles. The van der Waals surface area contributed by atoms with Gasteiger partial charge in [-0.3, -0.25) is 9.78 Å². The number of rotatable bonds is 6. The largest absolute Gasteiger partial charge is 0.382 e. The van der Waals surface area contributed by atoms with E-state index in [1.54, 1.807) is 12.4 Å². The first-order chi connectivity index (χ1) is 17.1. The summed E-state index contributed by atoms with van der Waals surface area (Å²) in [6, 6.07) is 15.7. The Kier molecular flexibility index (Phi) is 6.51. The molecule has 35 heavy (non-hydrogen) atoms. The van der Waals surface area contributed by atoms with Gasteiger partial charge in [-0.25, -0.2) is 9.97 Å². The van der Waals surface area contributed by atoms with Crippen LogP contribution in [0.25, 0.3) is 22.2 Å². The Hall–Kier alpha value is -4.08. The molecule has 1 aliphatic heterocycles. The molecule has 0 saturated carbocycles. The fourth-order valence-electron chi connectivity index (χ4n) is 4.24. The lowest BCUT2D eigenvalue weighted by molar-refractivity contribution is 0.102. The molecule has 1 fully saturated rings. The van der Waals surface area contributed by atoms with Crippen LogP contribution >= 0.6 is 0 Å². The third-order valence-electron chi connectivity index (χ3n) is 6.02. The molecule has 0 atom stereocenters. The van der Waals surface area contributed by atoms with Crippen LogP contribution in [0, 0.1) is 0 Å². The number of hydrogen-bond donors (Lipinski definition) is 3. The van der Waals surface area contributed by atoms with E-state index in [1.165, 1.54) is 0 Å². The molecule has 0 radical (unpaired) electrons. The molecule has 0 bridgehead atoms. The lowest BCUT2D eigenvalue weighted by Gasteiger charge is -2.31. The summed E-state index contributed by atoms with van der Waals surface area (Å²) in [6.07, 6.45) is 4.04. The number of nitrogens with two attached hydrogens (primary N) is 2. The van der Waals surface area contributed by atoms with Crippen LogP contribution in [0.1, 0.15) is 16.1 Å². The summed E-state index contributed by atoms with van der Waals surface area (Å²) in [6.45, 7) is 3.26. The van der Waals surface area contributed by atoms with E-state index in [1.807, 2.05) is 48.5 Å². The highest BCUT2D eigenvalue weighted by Gasteiger charge is 2.22. The molecule has 5 N–H and O–H groups in total. The average Bonchev–Trinajstić information content (AvgIpc) is 2.90. The zero-order valence-electron chi connectivity index (χ0n) is 19.3. The zero-order chi connectivity index (χ0) is 24.2. The highest BCUT2D eigenvalue weighted by molar-refractivity contribution is 6.10. The number of ether oxygens (including phenoxy) is 1. The Morgan fingerprint density at radius 3 is 2.57 bits per heavy atom. The van der Waals surface area contributed by atoms with Crippen molar-refractivity contribution in [3.8, 4) is 11.3 Å². The Balaban J connectivity index is 1.48. The number of para-hydroxylation sites is 1. The van der Waals surface area contributed by atoms with E-state index in [0.717, 1.165) is 34.1 Å². The van der Waals surface area contributed by atoms with Crippen molar-refractivity contribution in [1.82, 2.24) is 15.0 Å². The van der Waals surface area contributed by atoms with Crippen molar-refractivity contribution < 1.29 is 9.53 Å². The van der Waals surface area contributed by atoms with E-state index < -0.39 is 5.91 Å².